The molecule has 26 heavy (non-hydrogen) atoms. The minimum Gasteiger partial charge on any atom is -0.511 e. The van der Waals surface area contributed by atoms with Crippen molar-refractivity contribution >= 4 is 23.6 Å². The zero-order valence-corrected chi connectivity index (χ0v) is 16.2. The van der Waals surface area contributed by atoms with Gasteiger partial charge >= 0.3 is 12.1 Å². The molecule has 0 spiro atoms. The Morgan fingerprint density at radius 3 is 2.35 bits per heavy atom. The van der Waals surface area contributed by atoms with Gasteiger partial charge in [-0.25, -0.2) is 9.59 Å². The molecule has 0 aliphatic heterocycles. The fourth-order valence-corrected chi connectivity index (χ4v) is 2.64. The molecule has 146 valence electrons. The van der Waals surface area contributed by atoms with Crippen molar-refractivity contribution in [3.63, 3.8) is 0 Å². The van der Waals surface area contributed by atoms with E-state index in [0.717, 1.165) is 0 Å². The maximum atomic E-state index is 12.3. The molecular weight excluding hydrogens is 340 g/mol. The van der Waals surface area contributed by atoms with E-state index in [1.54, 1.807) is 20.8 Å². The van der Waals surface area contributed by atoms with Crippen LogP contribution in [-0.2, 0) is 14.3 Å². The minimum atomic E-state index is -1.31. The number of carbonyl (C=O) groups is 3. The van der Waals surface area contributed by atoms with E-state index in [2.05, 4.69) is 10.3 Å². The summed E-state index contributed by atoms with van der Waals surface area (Å²) in [6.45, 7) is 10.0. The molecule has 1 aliphatic carbocycles. The summed E-state index contributed by atoms with van der Waals surface area (Å²) in [4.78, 5) is 39.4. The maximum Gasteiger partial charge on any atom is 0.408 e. The van der Waals surface area contributed by atoms with Crippen molar-refractivity contribution in [1.29, 1.82) is 0 Å². The molecular formula is C18H28N2O6. The van der Waals surface area contributed by atoms with Crippen LogP contribution >= 0.6 is 0 Å². The Balaban J connectivity index is 2.89. The summed E-state index contributed by atoms with van der Waals surface area (Å²) in [5, 5.41) is 21.6. The van der Waals surface area contributed by atoms with E-state index in [-0.39, 0.29) is 41.2 Å². The van der Waals surface area contributed by atoms with Crippen LogP contribution in [0.15, 0.2) is 16.3 Å². The average Bonchev–Trinajstić information content (AvgIpc) is 2.38. The van der Waals surface area contributed by atoms with Gasteiger partial charge in [-0.3, -0.25) is 9.79 Å². The second-order valence-electron chi connectivity index (χ2n) is 8.23. The number of nitrogens with zero attached hydrogens (tertiary/aromatic N) is 1. The molecule has 1 rings (SSSR count). The second-order valence-corrected chi connectivity index (χ2v) is 8.23. The van der Waals surface area contributed by atoms with Crippen molar-refractivity contribution in [1.82, 2.24) is 5.32 Å². The van der Waals surface area contributed by atoms with Crippen LogP contribution in [0.5, 0.6) is 0 Å². The van der Waals surface area contributed by atoms with Gasteiger partial charge in [-0.05, 0) is 33.1 Å². The molecule has 0 bridgehead atoms. The van der Waals surface area contributed by atoms with Crippen LogP contribution in [0.4, 0.5) is 4.79 Å². The second kappa shape index (κ2) is 7.88. The molecule has 0 saturated heterocycles. The molecule has 8 heteroatoms. The van der Waals surface area contributed by atoms with Crippen LogP contribution in [0, 0.1) is 5.41 Å². The van der Waals surface area contributed by atoms with Gasteiger partial charge in [0.25, 0.3) is 0 Å². The van der Waals surface area contributed by atoms with Crippen molar-refractivity contribution in [2.24, 2.45) is 10.4 Å². The van der Waals surface area contributed by atoms with Gasteiger partial charge in [-0.15, -0.1) is 0 Å². The first-order valence-electron chi connectivity index (χ1n) is 8.41. The van der Waals surface area contributed by atoms with Gasteiger partial charge in [0.2, 0.25) is 0 Å². The number of hydrogen-bond acceptors (Lipinski definition) is 6. The highest BCUT2D eigenvalue weighted by atomic mass is 16.6. The molecule has 0 heterocycles. The number of ether oxygens (including phenoxy) is 1. The van der Waals surface area contributed by atoms with Gasteiger partial charge in [-0.1, -0.05) is 13.8 Å². The molecule has 0 fully saturated rings. The summed E-state index contributed by atoms with van der Waals surface area (Å²) in [5.41, 5.74) is -0.706. The molecule has 0 radical (unpaired) electrons. The first kappa shape index (κ1) is 21.7. The number of rotatable bonds is 5. The van der Waals surface area contributed by atoms with Crippen LogP contribution in [0.2, 0.25) is 0 Å². The summed E-state index contributed by atoms with van der Waals surface area (Å²) in [5.74, 6) is -1.55. The van der Waals surface area contributed by atoms with E-state index in [4.69, 9.17) is 4.74 Å². The maximum absolute atomic E-state index is 12.3. The van der Waals surface area contributed by atoms with Crippen molar-refractivity contribution < 1.29 is 29.3 Å². The average molecular weight is 368 g/mol. The molecule has 3 N–H and O–H groups in total. The van der Waals surface area contributed by atoms with E-state index in [1.807, 2.05) is 13.8 Å². The topological polar surface area (TPSA) is 125 Å². The number of aliphatic hydroxyl groups is 1. The van der Waals surface area contributed by atoms with Gasteiger partial charge < -0.3 is 20.3 Å². The number of Topliss-reactive ketones (excluding diaryl/α,β-unsaturated/α-hetero) is 1. The van der Waals surface area contributed by atoms with E-state index in [1.165, 1.54) is 6.92 Å². The normalized spacial score (nSPS) is 19.2. The highest BCUT2D eigenvalue weighted by Gasteiger charge is 2.34. The molecule has 0 unspecified atom stereocenters. The number of nitrogens with one attached hydrogen (secondary N) is 1. The number of carboxylic acid groups (broad SMARTS) is 1. The molecule has 0 aromatic rings. The largest absolute Gasteiger partial charge is 0.511 e. The van der Waals surface area contributed by atoms with Crippen molar-refractivity contribution in [3.05, 3.63) is 11.3 Å². The van der Waals surface area contributed by atoms with Crippen LogP contribution in [0.3, 0.4) is 0 Å². The Hall–Kier alpha value is -2.38. The predicted octanol–water partition coefficient (Wildman–Crippen LogP) is 2.63. The standard InChI is InChI=1S/C18H28N2O6/c1-10(14-12(21)7-18(5,6)8-13(14)22)19-9-11(15(23)24)20-16(25)26-17(2,3)4/h11,21H,7-9H2,1-6H3,(H,20,25)(H,23,24)/t11-/m0/s1. The van der Waals surface area contributed by atoms with Gasteiger partial charge in [0.05, 0.1) is 12.1 Å². The fourth-order valence-electron chi connectivity index (χ4n) is 2.64. The highest BCUT2D eigenvalue weighted by molar-refractivity contribution is 6.22. The van der Waals surface area contributed by atoms with Gasteiger partial charge in [0.15, 0.2) is 5.78 Å². The molecule has 0 aromatic carbocycles. The van der Waals surface area contributed by atoms with E-state index in [0.29, 0.717) is 6.42 Å². The Bertz CT molecular complexity index is 655. The number of ketones is 1. The molecule has 0 saturated carbocycles. The Morgan fingerprint density at radius 2 is 1.88 bits per heavy atom. The van der Waals surface area contributed by atoms with Gasteiger partial charge in [0.1, 0.15) is 17.4 Å². The number of carbonyl (C=O) groups excluding carboxylic acids is 2. The summed E-state index contributed by atoms with van der Waals surface area (Å²) in [6.07, 6.45) is -0.243. The third-order valence-electron chi connectivity index (χ3n) is 3.71. The molecule has 0 aromatic heterocycles. The Labute approximate surface area is 153 Å². The number of aliphatic carboxylic acids is 1. The molecule has 1 atom stereocenters. The highest BCUT2D eigenvalue weighted by Crippen LogP contribution is 2.36. The van der Waals surface area contributed by atoms with Gasteiger partial charge in [0, 0.05) is 18.6 Å². The lowest BCUT2D eigenvalue weighted by atomic mass is 9.76. The summed E-state index contributed by atoms with van der Waals surface area (Å²) < 4.78 is 5.03. The van der Waals surface area contributed by atoms with E-state index in [9.17, 15) is 24.6 Å². The van der Waals surface area contributed by atoms with Crippen LogP contribution < -0.4 is 5.32 Å². The molecule has 8 nitrogen and oxygen atoms in total. The SMILES string of the molecule is CC(=NC[C@H](NC(=O)OC(C)(C)C)C(=O)O)C1=C(O)CC(C)(C)CC1=O. The fraction of sp³-hybridized carbons (Fsp3) is 0.667. The van der Waals surface area contributed by atoms with Gasteiger partial charge in [-0.2, -0.15) is 0 Å². The Kier molecular flexibility index (Phi) is 6.57. The third-order valence-corrected chi connectivity index (χ3v) is 3.71. The van der Waals surface area contributed by atoms with Crippen LogP contribution in [0.1, 0.15) is 54.4 Å². The summed E-state index contributed by atoms with van der Waals surface area (Å²) in [6, 6.07) is -1.31. The quantitative estimate of drug-likeness (QED) is 0.641. The van der Waals surface area contributed by atoms with E-state index >= 15 is 0 Å². The van der Waals surface area contributed by atoms with Crippen molar-refractivity contribution in [3.8, 4) is 0 Å². The third kappa shape index (κ3) is 6.50. The summed E-state index contributed by atoms with van der Waals surface area (Å²) >= 11 is 0. The number of aliphatic hydroxyl groups excluding tert-OH is 1. The lowest BCUT2D eigenvalue weighted by Gasteiger charge is -2.29. The number of carboxylic acids is 1. The summed E-state index contributed by atoms with van der Waals surface area (Å²) in [7, 11) is 0. The van der Waals surface area contributed by atoms with Crippen molar-refractivity contribution in [2.75, 3.05) is 6.54 Å². The molecule has 1 amide bonds. The molecule has 1 aliphatic rings. The number of hydrogen-bond donors (Lipinski definition) is 3. The van der Waals surface area contributed by atoms with Crippen LogP contribution in [0.25, 0.3) is 0 Å². The number of aliphatic imine (C=N–C) groups is 1. The lowest BCUT2D eigenvalue weighted by Crippen LogP contribution is -2.45. The zero-order valence-electron chi connectivity index (χ0n) is 16.2. The predicted molar refractivity (Wildman–Crippen MR) is 96.4 cm³/mol. The lowest BCUT2D eigenvalue weighted by molar-refractivity contribution is -0.139. The first-order chi connectivity index (χ1) is 11.7. The minimum absolute atomic E-state index is 0.0422. The monoisotopic (exact) mass is 368 g/mol. The van der Waals surface area contributed by atoms with E-state index < -0.39 is 23.7 Å². The number of alkyl carbamates (subject to hydrolysis) is 1. The zero-order chi connectivity index (χ0) is 20.3. The first-order valence-corrected chi connectivity index (χ1v) is 8.41. The smallest absolute Gasteiger partial charge is 0.408 e. The number of allylic oxidation sites excluding steroid dienone is 2. The number of amides is 1. The van der Waals surface area contributed by atoms with Crippen LogP contribution in [-0.4, -0.2) is 52.0 Å². The van der Waals surface area contributed by atoms with Crippen molar-refractivity contribution in [2.45, 2.75) is 66.0 Å². The Morgan fingerprint density at radius 1 is 1.31 bits per heavy atom.